The average Bonchev–Trinajstić information content (AvgIpc) is 2.26. The first-order valence-electron chi connectivity index (χ1n) is 4.93. The van der Waals surface area contributed by atoms with Crippen molar-refractivity contribution < 1.29 is 9.13 Å². The molecule has 1 rings (SSSR count). The molecule has 0 aliphatic rings. The van der Waals surface area contributed by atoms with E-state index in [9.17, 15) is 4.39 Å². The fourth-order valence-electron chi connectivity index (χ4n) is 1.07. The minimum absolute atomic E-state index is 0.185. The summed E-state index contributed by atoms with van der Waals surface area (Å²) in [5.74, 6) is 1.65. The summed E-state index contributed by atoms with van der Waals surface area (Å²) in [7, 11) is 0. The number of rotatable bonds is 7. The number of hydrogen-bond acceptors (Lipinski definition) is 3. The third-order valence-electron chi connectivity index (χ3n) is 1.82. The SMILES string of the molecule is NCCOCCSCc1ccc(F)cc1. The normalized spacial score (nSPS) is 10.5. The van der Waals surface area contributed by atoms with E-state index in [2.05, 4.69) is 0 Å². The molecule has 15 heavy (non-hydrogen) atoms. The third kappa shape index (κ3) is 5.77. The first kappa shape index (κ1) is 12.5. The molecule has 0 fully saturated rings. The van der Waals surface area contributed by atoms with Gasteiger partial charge >= 0.3 is 0 Å². The van der Waals surface area contributed by atoms with Crippen molar-refractivity contribution in [2.24, 2.45) is 5.73 Å². The molecule has 0 radical (unpaired) electrons. The molecule has 0 aromatic heterocycles. The predicted octanol–water partition coefficient (Wildman–Crippen LogP) is 2.03. The Labute approximate surface area is 94.0 Å². The molecule has 0 aliphatic heterocycles. The molecule has 0 amide bonds. The van der Waals surface area contributed by atoms with Crippen molar-refractivity contribution in [1.29, 1.82) is 0 Å². The molecular formula is C11H16FNOS. The van der Waals surface area contributed by atoms with E-state index < -0.39 is 0 Å². The van der Waals surface area contributed by atoms with Crippen LogP contribution in [-0.2, 0) is 10.5 Å². The van der Waals surface area contributed by atoms with Gasteiger partial charge in [0.05, 0.1) is 13.2 Å². The van der Waals surface area contributed by atoms with Gasteiger partial charge in [0.1, 0.15) is 5.82 Å². The zero-order valence-corrected chi connectivity index (χ0v) is 9.43. The standard InChI is InChI=1S/C11H16FNOS/c12-11-3-1-10(2-4-11)9-15-8-7-14-6-5-13/h1-4H,5-9,13H2. The van der Waals surface area contributed by atoms with Gasteiger partial charge in [0.2, 0.25) is 0 Å². The van der Waals surface area contributed by atoms with Crippen LogP contribution in [0.1, 0.15) is 5.56 Å². The summed E-state index contributed by atoms with van der Waals surface area (Å²) in [4.78, 5) is 0. The first-order valence-corrected chi connectivity index (χ1v) is 6.08. The lowest BCUT2D eigenvalue weighted by Gasteiger charge is -2.03. The molecule has 0 unspecified atom stereocenters. The molecule has 4 heteroatoms. The van der Waals surface area contributed by atoms with Crippen LogP contribution in [0.4, 0.5) is 4.39 Å². The highest BCUT2D eigenvalue weighted by molar-refractivity contribution is 7.98. The summed E-state index contributed by atoms with van der Waals surface area (Å²) in [6.07, 6.45) is 0. The highest BCUT2D eigenvalue weighted by atomic mass is 32.2. The van der Waals surface area contributed by atoms with E-state index in [1.54, 1.807) is 11.8 Å². The monoisotopic (exact) mass is 229 g/mol. The summed E-state index contributed by atoms with van der Waals surface area (Å²) < 4.78 is 17.8. The average molecular weight is 229 g/mol. The van der Waals surface area contributed by atoms with E-state index in [0.29, 0.717) is 13.2 Å². The Hall–Kier alpha value is -0.580. The number of ether oxygens (including phenoxy) is 1. The number of nitrogens with two attached hydrogens (primary N) is 1. The van der Waals surface area contributed by atoms with Gasteiger partial charge in [0.25, 0.3) is 0 Å². The van der Waals surface area contributed by atoms with Crippen LogP contribution in [0.15, 0.2) is 24.3 Å². The molecule has 0 atom stereocenters. The second kappa shape index (κ2) is 7.68. The number of halogens is 1. The van der Waals surface area contributed by atoms with Gasteiger partial charge in [0, 0.05) is 18.1 Å². The van der Waals surface area contributed by atoms with Crippen molar-refractivity contribution in [1.82, 2.24) is 0 Å². The highest BCUT2D eigenvalue weighted by Gasteiger charge is 1.94. The van der Waals surface area contributed by atoms with Crippen LogP contribution in [0.25, 0.3) is 0 Å². The summed E-state index contributed by atoms with van der Waals surface area (Å²) >= 11 is 1.77. The lowest BCUT2D eigenvalue weighted by atomic mass is 10.2. The predicted molar refractivity (Wildman–Crippen MR) is 62.4 cm³/mol. The van der Waals surface area contributed by atoms with Crippen molar-refractivity contribution in [3.05, 3.63) is 35.6 Å². The van der Waals surface area contributed by atoms with E-state index in [0.717, 1.165) is 23.7 Å². The minimum Gasteiger partial charge on any atom is -0.379 e. The quantitative estimate of drug-likeness (QED) is 0.727. The lowest BCUT2D eigenvalue weighted by Crippen LogP contribution is -2.09. The summed E-state index contributed by atoms with van der Waals surface area (Å²) in [5.41, 5.74) is 6.42. The molecule has 1 aromatic rings. The molecule has 0 saturated heterocycles. The van der Waals surface area contributed by atoms with E-state index in [1.165, 1.54) is 12.1 Å². The molecule has 0 aliphatic carbocycles. The van der Waals surface area contributed by atoms with Crippen LogP contribution in [0.2, 0.25) is 0 Å². The van der Waals surface area contributed by atoms with E-state index in [-0.39, 0.29) is 5.82 Å². The maximum absolute atomic E-state index is 12.6. The molecule has 0 bridgehead atoms. The Kier molecular flexibility index (Phi) is 6.39. The van der Waals surface area contributed by atoms with Gasteiger partial charge in [-0.2, -0.15) is 11.8 Å². The van der Waals surface area contributed by atoms with E-state index in [4.69, 9.17) is 10.5 Å². The van der Waals surface area contributed by atoms with Gasteiger partial charge in [0.15, 0.2) is 0 Å². The van der Waals surface area contributed by atoms with Crippen LogP contribution in [-0.4, -0.2) is 25.5 Å². The van der Waals surface area contributed by atoms with Gasteiger partial charge < -0.3 is 10.5 Å². The molecule has 84 valence electrons. The zero-order chi connectivity index (χ0) is 10.9. The molecular weight excluding hydrogens is 213 g/mol. The van der Waals surface area contributed by atoms with E-state index in [1.807, 2.05) is 12.1 Å². The fourth-order valence-corrected chi connectivity index (χ4v) is 1.88. The molecule has 2 N–H and O–H groups in total. The lowest BCUT2D eigenvalue weighted by molar-refractivity contribution is 0.158. The van der Waals surface area contributed by atoms with Gasteiger partial charge in [-0.05, 0) is 17.7 Å². The maximum atomic E-state index is 12.6. The molecule has 0 spiro atoms. The van der Waals surface area contributed by atoms with Crippen LogP contribution in [0.5, 0.6) is 0 Å². The maximum Gasteiger partial charge on any atom is 0.123 e. The number of hydrogen-bond donors (Lipinski definition) is 1. The van der Waals surface area contributed by atoms with Crippen molar-refractivity contribution >= 4 is 11.8 Å². The summed E-state index contributed by atoms with van der Waals surface area (Å²) in [5, 5.41) is 0. The van der Waals surface area contributed by atoms with Crippen LogP contribution in [0, 0.1) is 5.82 Å². The van der Waals surface area contributed by atoms with Gasteiger partial charge in [-0.25, -0.2) is 4.39 Å². The smallest absolute Gasteiger partial charge is 0.123 e. The van der Waals surface area contributed by atoms with Crippen molar-refractivity contribution in [2.75, 3.05) is 25.5 Å². The van der Waals surface area contributed by atoms with Crippen molar-refractivity contribution in [2.45, 2.75) is 5.75 Å². The second-order valence-electron chi connectivity index (χ2n) is 3.08. The van der Waals surface area contributed by atoms with Crippen LogP contribution in [0.3, 0.4) is 0 Å². The van der Waals surface area contributed by atoms with Crippen LogP contribution >= 0.6 is 11.8 Å². The fraction of sp³-hybridized carbons (Fsp3) is 0.455. The van der Waals surface area contributed by atoms with Crippen molar-refractivity contribution in [3.8, 4) is 0 Å². The highest BCUT2D eigenvalue weighted by Crippen LogP contribution is 2.12. The van der Waals surface area contributed by atoms with Gasteiger partial charge in [-0.15, -0.1) is 0 Å². The summed E-state index contributed by atoms with van der Waals surface area (Å²) in [6.45, 7) is 1.92. The van der Waals surface area contributed by atoms with Gasteiger partial charge in [-0.3, -0.25) is 0 Å². The topological polar surface area (TPSA) is 35.2 Å². The Morgan fingerprint density at radius 1 is 1.20 bits per heavy atom. The zero-order valence-electron chi connectivity index (χ0n) is 8.62. The summed E-state index contributed by atoms with van der Waals surface area (Å²) in [6, 6.07) is 6.59. The third-order valence-corrected chi connectivity index (χ3v) is 2.81. The van der Waals surface area contributed by atoms with E-state index >= 15 is 0 Å². The largest absolute Gasteiger partial charge is 0.379 e. The Bertz CT molecular complexity index is 266. The van der Waals surface area contributed by atoms with Gasteiger partial charge in [-0.1, -0.05) is 12.1 Å². The Morgan fingerprint density at radius 2 is 1.93 bits per heavy atom. The molecule has 2 nitrogen and oxygen atoms in total. The van der Waals surface area contributed by atoms with Crippen LogP contribution < -0.4 is 5.73 Å². The minimum atomic E-state index is -0.185. The van der Waals surface area contributed by atoms with Crippen molar-refractivity contribution in [3.63, 3.8) is 0 Å². The number of thioether (sulfide) groups is 1. The molecule has 1 aromatic carbocycles. The Morgan fingerprint density at radius 3 is 2.60 bits per heavy atom. The first-order chi connectivity index (χ1) is 7.33. The Balaban J connectivity index is 2.07. The molecule has 0 heterocycles. The second-order valence-corrected chi connectivity index (χ2v) is 4.19. The molecule has 0 saturated carbocycles. The number of benzene rings is 1.